The van der Waals surface area contributed by atoms with E-state index in [1.165, 1.54) is 23.3 Å². The topological polar surface area (TPSA) is 53.7 Å². The van der Waals surface area contributed by atoms with Crippen LogP contribution in [-0.2, 0) is 0 Å². The van der Waals surface area contributed by atoms with Crippen molar-refractivity contribution in [2.75, 3.05) is 13.1 Å². The predicted molar refractivity (Wildman–Crippen MR) is 98.1 cm³/mol. The number of nitrogens with zero attached hydrogens (tertiary/aromatic N) is 4. The van der Waals surface area contributed by atoms with Crippen LogP contribution in [0.5, 0.6) is 5.88 Å². The van der Waals surface area contributed by atoms with Crippen molar-refractivity contribution in [3.63, 3.8) is 0 Å². The zero-order chi connectivity index (χ0) is 16.8. The molecule has 0 aromatic carbocycles. The number of aryl methyl sites for hydroxylation is 2. The van der Waals surface area contributed by atoms with Crippen LogP contribution in [0.25, 0.3) is 4.96 Å². The highest BCUT2D eigenvalue weighted by Gasteiger charge is 2.32. The van der Waals surface area contributed by atoms with Crippen molar-refractivity contribution in [2.45, 2.75) is 39.7 Å². The van der Waals surface area contributed by atoms with Crippen LogP contribution >= 0.6 is 22.7 Å². The molecule has 0 radical (unpaired) electrons. The summed E-state index contributed by atoms with van der Waals surface area (Å²) in [4.78, 5) is 10.00. The second-order valence-electron chi connectivity index (χ2n) is 6.73. The standard InChI is InChI=1S/C17H22N4OS2/c1-10-4-7-20(8-5-10)13(14-11(2)6-9-23-14)15-16(22)21-17(24-15)18-12(3)19-21/h6,9-10,13,22H,4-5,7-8H2,1-3H3/t13-/m0/s1. The summed E-state index contributed by atoms with van der Waals surface area (Å²) in [5, 5.41) is 17.3. The summed E-state index contributed by atoms with van der Waals surface area (Å²) in [6.07, 6.45) is 2.42. The first-order chi connectivity index (χ1) is 11.5. The maximum absolute atomic E-state index is 10.8. The van der Waals surface area contributed by atoms with Crippen molar-refractivity contribution in [3.05, 3.63) is 32.6 Å². The van der Waals surface area contributed by atoms with Crippen molar-refractivity contribution in [3.8, 4) is 5.88 Å². The molecule has 0 unspecified atom stereocenters. The summed E-state index contributed by atoms with van der Waals surface area (Å²) >= 11 is 3.33. The smallest absolute Gasteiger partial charge is 0.230 e. The SMILES string of the molecule is Cc1nc2sc([C@H](c3sccc3C)N3CCC(C)CC3)c(O)n2n1. The number of likely N-dealkylation sites (tertiary alicyclic amines) is 1. The molecule has 0 aliphatic carbocycles. The van der Waals surface area contributed by atoms with Crippen LogP contribution in [0.2, 0.25) is 0 Å². The fourth-order valence-electron chi connectivity index (χ4n) is 3.43. The maximum atomic E-state index is 10.8. The van der Waals surface area contributed by atoms with Crippen LogP contribution in [0, 0.1) is 19.8 Å². The first kappa shape index (κ1) is 16.1. The summed E-state index contributed by atoms with van der Waals surface area (Å²) in [7, 11) is 0. The summed E-state index contributed by atoms with van der Waals surface area (Å²) in [5.74, 6) is 1.72. The average molecular weight is 363 g/mol. The Morgan fingerprint density at radius 1 is 1.25 bits per heavy atom. The Bertz CT molecular complexity index is 857. The second kappa shape index (κ2) is 6.13. The lowest BCUT2D eigenvalue weighted by atomic mass is 9.96. The van der Waals surface area contributed by atoms with Gasteiger partial charge in [0.2, 0.25) is 10.8 Å². The Labute approximate surface area is 149 Å². The molecule has 7 heteroatoms. The van der Waals surface area contributed by atoms with E-state index in [1.54, 1.807) is 27.2 Å². The monoisotopic (exact) mass is 362 g/mol. The lowest BCUT2D eigenvalue weighted by Gasteiger charge is -2.36. The van der Waals surface area contributed by atoms with Gasteiger partial charge >= 0.3 is 0 Å². The minimum atomic E-state index is 0.103. The highest BCUT2D eigenvalue weighted by molar-refractivity contribution is 7.17. The zero-order valence-corrected chi connectivity index (χ0v) is 15.8. The number of aromatic hydroxyl groups is 1. The molecule has 1 aliphatic rings. The zero-order valence-electron chi connectivity index (χ0n) is 14.2. The third kappa shape index (κ3) is 2.64. The van der Waals surface area contributed by atoms with E-state index >= 15 is 0 Å². The Hall–Kier alpha value is -1.44. The molecular formula is C17H22N4OS2. The molecule has 0 amide bonds. The van der Waals surface area contributed by atoms with Gasteiger partial charge in [0.1, 0.15) is 5.82 Å². The molecule has 1 saturated heterocycles. The first-order valence-corrected chi connectivity index (χ1v) is 10.1. The molecule has 128 valence electrons. The molecule has 1 aliphatic heterocycles. The fraction of sp³-hybridized carbons (Fsp3) is 0.529. The van der Waals surface area contributed by atoms with Gasteiger partial charge in [-0.3, -0.25) is 4.90 Å². The molecule has 0 spiro atoms. The molecule has 1 atom stereocenters. The summed E-state index contributed by atoms with van der Waals surface area (Å²) < 4.78 is 1.58. The number of aromatic nitrogens is 3. The fourth-order valence-corrected chi connectivity index (χ4v) is 5.72. The summed E-state index contributed by atoms with van der Waals surface area (Å²) in [5.41, 5.74) is 1.29. The van der Waals surface area contributed by atoms with Gasteiger partial charge < -0.3 is 5.11 Å². The second-order valence-corrected chi connectivity index (χ2v) is 8.69. The number of thiazole rings is 1. The van der Waals surface area contributed by atoms with Gasteiger partial charge in [-0.25, -0.2) is 4.98 Å². The third-order valence-electron chi connectivity index (χ3n) is 4.89. The molecule has 24 heavy (non-hydrogen) atoms. The maximum Gasteiger partial charge on any atom is 0.230 e. The van der Waals surface area contributed by atoms with Gasteiger partial charge in [0, 0.05) is 4.88 Å². The number of piperidine rings is 1. The third-order valence-corrected chi connectivity index (χ3v) is 7.03. The van der Waals surface area contributed by atoms with Crippen LogP contribution in [0.1, 0.15) is 46.9 Å². The van der Waals surface area contributed by atoms with E-state index in [4.69, 9.17) is 0 Å². The van der Waals surface area contributed by atoms with Crippen LogP contribution in [-0.4, -0.2) is 37.7 Å². The minimum absolute atomic E-state index is 0.103. The number of fused-ring (bicyclic) bond motifs is 1. The van der Waals surface area contributed by atoms with E-state index in [2.05, 4.69) is 40.3 Å². The first-order valence-electron chi connectivity index (χ1n) is 8.37. The van der Waals surface area contributed by atoms with Crippen molar-refractivity contribution in [1.82, 2.24) is 19.5 Å². The van der Waals surface area contributed by atoms with Crippen molar-refractivity contribution in [1.29, 1.82) is 0 Å². The minimum Gasteiger partial charge on any atom is -0.492 e. The van der Waals surface area contributed by atoms with E-state index < -0.39 is 0 Å². The van der Waals surface area contributed by atoms with Gasteiger partial charge in [0.05, 0.1) is 10.9 Å². The lowest BCUT2D eigenvalue weighted by Crippen LogP contribution is -2.36. The van der Waals surface area contributed by atoms with Crippen LogP contribution in [0.4, 0.5) is 0 Å². The van der Waals surface area contributed by atoms with E-state index in [-0.39, 0.29) is 11.9 Å². The quantitative estimate of drug-likeness (QED) is 0.765. The average Bonchev–Trinajstić information content (AvgIpc) is 3.20. The molecule has 4 heterocycles. The molecule has 3 aromatic heterocycles. The molecule has 5 nitrogen and oxygen atoms in total. The molecular weight excluding hydrogens is 340 g/mol. The van der Waals surface area contributed by atoms with Crippen LogP contribution in [0.3, 0.4) is 0 Å². The van der Waals surface area contributed by atoms with Gasteiger partial charge in [-0.1, -0.05) is 18.3 Å². The molecule has 1 fully saturated rings. The largest absolute Gasteiger partial charge is 0.492 e. The Kier molecular flexibility index (Phi) is 4.10. The van der Waals surface area contributed by atoms with Gasteiger partial charge in [0.25, 0.3) is 0 Å². The molecule has 0 saturated carbocycles. The molecule has 3 aromatic rings. The number of thiophene rings is 1. The van der Waals surface area contributed by atoms with Gasteiger partial charge in [-0.15, -0.1) is 16.4 Å². The van der Waals surface area contributed by atoms with Crippen molar-refractivity contribution >= 4 is 27.6 Å². The van der Waals surface area contributed by atoms with Gasteiger partial charge in [-0.2, -0.15) is 4.52 Å². The molecule has 1 N–H and O–H groups in total. The van der Waals surface area contributed by atoms with E-state index in [0.717, 1.165) is 28.8 Å². The Morgan fingerprint density at radius 3 is 2.62 bits per heavy atom. The number of rotatable bonds is 3. The summed E-state index contributed by atoms with van der Waals surface area (Å²) in [6, 6.07) is 2.27. The van der Waals surface area contributed by atoms with Crippen LogP contribution < -0.4 is 0 Å². The highest BCUT2D eigenvalue weighted by Crippen LogP contribution is 2.43. The molecule has 4 rings (SSSR count). The van der Waals surface area contributed by atoms with E-state index in [0.29, 0.717) is 5.82 Å². The highest BCUT2D eigenvalue weighted by atomic mass is 32.1. The Morgan fingerprint density at radius 2 is 2.00 bits per heavy atom. The van der Waals surface area contributed by atoms with Crippen molar-refractivity contribution in [2.24, 2.45) is 5.92 Å². The van der Waals surface area contributed by atoms with Crippen molar-refractivity contribution < 1.29 is 5.11 Å². The van der Waals surface area contributed by atoms with E-state index in [1.807, 2.05) is 6.92 Å². The predicted octanol–water partition coefficient (Wildman–Crippen LogP) is 4.00. The number of hydrogen-bond donors (Lipinski definition) is 1. The van der Waals surface area contributed by atoms with Crippen LogP contribution in [0.15, 0.2) is 11.4 Å². The van der Waals surface area contributed by atoms with Gasteiger partial charge in [-0.05, 0) is 62.7 Å². The number of hydrogen-bond acceptors (Lipinski definition) is 6. The van der Waals surface area contributed by atoms with E-state index in [9.17, 15) is 5.11 Å². The Balaban J connectivity index is 1.80. The lowest BCUT2D eigenvalue weighted by molar-refractivity contribution is 0.159. The summed E-state index contributed by atoms with van der Waals surface area (Å²) in [6.45, 7) is 8.46. The van der Waals surface area contributed by atoms with Gasteiger partial charge in [0.15, 0.2) is 0 Å². The molecule has 0 bridgehead atoms. The normalized spacial score (nSPS) is 18.5.